The number of carbonyl (C=O) groups is 3. The minimum Gasteiger partial charge on any atom is -0.462 e. The van der Waals surface area contributed by atoms with Gasteiger partial charge in [-0.1, -0.05) is 57.2 Å². The molecule has 0 saturated heterocycles. The lowest BCUT2D eigenvalue weighted by atomic mass is 9.72. The second kappa shape index (κ2) is 13.0. The van der Waals surface area contributed by atoms with Crippen LogP contribution in [0.25, 0.3) is 0 Å². The van der Waals surface area contributed by atoms with E-state index in [0.29, 0.717) is 28.6 Å². The number of benzene rings is 2. The molecule has 1 aliphatic carbocycles. The number of carbonyl (C=O) groups excluding carboxylic acids is 3. The summed E-state index contributed by atoms with van der Waals surface area (Å²) in [5.41, 5.74) is 3.35. The van der Waals surface area contributed by atoms with Crippen LogP contribution in [0.2, 0.25) is 0 Å². The number of thioether (sulfide) groups is 1. The summed E-state index contributed by atoms with van der Waals surface area (Å²) in [6, 6.07) is 17.1. The van der Waals surface area contributed by atoms with Crippen molar-refractivity contribution in [2.45, 2.75) is 70.4 Å². The number of anilines is 2. The van der Waals surface area contributed by atoms with E-state index >= 15 is 0 Å². The molecule has 8 heteroatoms. The molecule has 2 atom stereocenters. The van der Waals surface area contributed by atoms with Gasteiger partial charge in [0.1, 0.15) is 5.00 Å². The highest BCUT2D eigenvalue weighted by Gasteiger charge is 2.34. The summed E-state index contributed by atoms with van der Waals surface area (Å²) in [5, 5.41) is 6.14. The summed E-state index contributed by atoms with van der Waals surface area (Å²) in [6.07, 6.45) is 3.02. The number of nitrogens with one attached hydrogen (secondary N) is 2. The molecule has 0 aliphatic heterocycles. The third-order valence-corrected chi connectivity index (χ3v) is 9.48. The van der Waals surface area contributed by atoms with E-state index in [0.717, 1.165) is 35.3 Å². The van der Waals surface area contributed by atoms with Gasteiger partial charge in [0, 0.05) is 15.5 Å². The highest BCUT2D eigenvalue weighted by Crippen LogP contribution is 2.44. The van der Waals surface area contributed by atoms with E-state index in [4.69, 9.17) is 4.74 Å². The fourth-order valence-corrected chi connectivity index (χ4v) is 7.18. The Morgan fingerprint density at radius 2 is 1.82 bits per heavy atom. The number of hydrogen-bond acceptors (Lipinski definition) is 6. The lowest BCUT2D eigenvalue weighted by Gasteiger charge is -2.33. The van der Waals surface area contributed by atoms with E-state index in [1.54, 1.807) is 6.92 Å². The number of amides is 2. The fraction of sp³-hybridized carbons (Fsp3) is 0.406. The van der Waals surface area contributed by atoms with Gasteiger partial charge in [0.25, 0.3) is 0 Å². The molecule has 0 radical (unpaired) electrons. The zero-order valence-electron chi connectivity index (χ0n) is 23.8. The number of ether oxygens (including phenoxy) is 1. The molecule has 0 spiro atoms. The predicted octanol–water partition coefficient (Wildman–Crippen LogP) is 7.38. The molecule has 0 bridgehead atoms. The molecule has 3 aromatic rings. The van der Waals surface area contributed by atoms with Crippen LogP contribution in [-0.4, -0.2) is 29.6 Å². The Morgan fingerprint density at radius 1 is 1.07 bits per heavy atom. The first-order chi connectivity index (χ1) is 19.0. The number of fused-ring (bicyclic) bond motifs is 1. The van der Waals surface area contributed by atoms with Crippen molar-refractivity contribution in [1.29, 1.82) is 0 Å². The monoisotopic (exact) mass is 578 g/mol. The van der Waals surface area contributed by atoms with E-state index < -0.39 is 5.25 Å². The van der Waals surface area contributed by atoms with E-state index in [1.165, 1.54) is 28.0 Å². The van der Waals surface area contributed by atoms with Gasteiger partial charge in [-0.25, -0.2) is 4.79 Å². The number of thiophene rings is 1. The molecule has 2 unspecified atom stereocenters. The number of hydrogen-bond donors (Lipinski definition) is 2. The fourth-order valence-electron chi connectivity index (χ4n) is 4.94. The van der Waals surface area contributed by atoms with Crippen LogP contribution in [0.4, 0.5) is 10.7 Å². The van der Waals surface area contributed by atoms with Crippen LogP contribution < -0.4 is 10.6 Å². The molecule has 1 aromatic heterocycles. The van der Waals surface area contributed by atoms with Gasteiger partial charge in [0.2, 0.25) is 11.8 Å². The van der Waals surface area contributed by atoms with Crippen molar-refractivity contribution in [3.05, 3.63) is 76.2 Å². The molecule has 2 aromatic carbocycles. The first-order valence-corrected chi connectivity index (χ1v) is 15.5. The predicted molar refractivity (Wildman–Crippen MR) is 164 cm³/mol. The summed E-state index contributed by atoms with van der Waals surface area (Å²) in [5.74, 6) is -0.128. The molecule has 1 heterocycles. The van der Waals surface area contributed by atoms with Crippen molar-refractivity contribution >= 4 is 51.6 Å². The first-order valence-electron chi connectivity index (χ1n) is 13.8. The summed E-state index contributed by atoms with van der Waals surface area (Å²) >= 11 is 2.91. The van der Waals surface area contributed by atoms with E-state index in [2.05, 4.69) is 31.4 Å². The van der Waals surface area contributed by atoms with Gasteiger partial charge in [-0.05, 0) is 73.8 Å². The van der Waals surface area contributed by atoms with Crippen molar-refractivity contribution < 1.29 is 19.1 Å². The molecule has 40 heavy (non-hydrogen) atoms. The zero-order chi connectivity index (χ0) is 28.9. The Kier molecular flexibility index (Phi) is 9.74. The van der Waals surface area contributed by atoms with Gasteiger partial charge < -0.3 is 15.4 Å². The van der Waals surface area contributed by atoms with Crippen LogP contribution in [0.15, 0.2) is 59.5 Å². The van der Waals surface area contributed by atoms with Crippen molar-refractivity contribution in [3.8, 4) is 0 Å². The maximum atomic E-state index is 13.3. The van der Waals surface area contributed by atoms with Crippen LogP contribution in [0.5, 0.6) is 0 Å². The topological polar surface area (TPSA) is 84.5 Å². The van der Waals surface area contributed by atoms with Crippen LogP contribution in [0.1, 0.15) is 67.4 Å². The van der Waals surface area contributed by atoms with Gasteiger partial charge in [-0.3, -0.25) is 9.59 Å². The van der Waals surface area contributed by atoms with Gasteiger partial charge in [-0.15, -0.1) is 23.1 Å². The van der Waals surface area contributed by atoms with Crippen molar-refractivity contribution in [1.82, 2.24) is 0 Å². The van der Waals surface area contributed by atoms with Gasteiger partial charge in [0.05, 0.1) is 23.8 Å². The normalized spacial score (nSPS) is 15.6. The maximum absolute atomic E-state index is 13.3. The SMILES string of the molecule is CCOC(=O)c1c(NC(=O)C(C)Sc2cccc(NC(=O)Cc3ccccc3)c2)sc2c1CCC(C(C)(C)C)C2. The van der Waals surface area contributed by atoms with Crippen molar-refractivity contribution in [3.63, 3.8) is 0 Å². The summed E-state index contributed by atoms with van der Waals surface area (Å²) in [7, 11) is 0. The standard InChI is InChI=1S/C32H38N2O4S2/c1-6-38-31(37)28-25-16-15-22(32(3,4)5)18-26(25)40-30(28)34-29(36)20(2)39-24-14-10-13-23(19-24)33-27(35)17-21-11-8-7-9-12-21/h7-14,19-20,22H,6,15-18H2,1-5H3,(H,33,35)(H,34,36). The summed E-state index contributed by atoms with van der Waals surface area (Å²) in [6.45, 7) is 10.7. The Morgan fingerprint density at radius 3 is 2.52 bits per heavy atom. The van der Waals surface area contributed by atoms with Crippen molar-refractivity contribution in [2.24, 2.45) is 11.3 Å². The Bertz CT molecular complexity index is 1360. The minimum atomic E-state index is -0.424. The number of rotatable bonds is 9. The summed E-state index contributed by atoms with van der Waals surface area (Å²) in [4.78, 5) is 40.8. The Balaban J connectivity index is 1.44. The quantitative estimate of drug-likeness (QED) is 0.204. The zero-order valence-corrected chi connectivity index (χ0v) is 25.5. The Labute approximate surface area is 245 Å². The van der Waals surface area contributed by atoms with Crippen LogP contribution in [0.3, 0.4) is 0 Å². The maximum Gasteiger partial charge on any atom is 0.341 e. The average molecular weight is 579 g/mol. The van der Waals surface area contributed by atoms with Gasteiger partial charge in [-0.2, -0.15) is 0 Å². The molecule has 0 saturated carbocycles. The minimum absolute atomic E-state index is 0.0963. The second-order valence-electron chi connectivity index (χ2n) is 11.2. The van der Waals surface area contributed by atoms with Crippen molar-refractivity contribution in [2.75, 3.05) is 17.2 Å². The molecule has 2 N–H and O–H groups in total. The Hall–Kier alpha value is -3.10. The molecule has 2 amide bonds. The third-order valence-electron chi connectivity index (χ3n) is 7.21. The lowest BCUT2D eigenvalue weighted by Crippen LogP contribution is -2.27. The molecular weight excluding hydrogens is 540 g/mol. The molecule has 1 aliphatic rings. The van der Waals surface area contributed by atoms with E-state index in [-0.39, 0.29) is 29.8 Å². The molecule has 0 fully saturated rings. The van der Waals surface area contributed by atoms with Crippen LogP contribution in [-0.2, 0) is 33.6 Å². The molecular formula is C32H38N2O4S2. The molecule has 212 valence electrons. The second-order valence-corrected chi connectivity index (χ2v) is 13.7. The third kappa shape index (κ3) is 7.55. The lowest BCUT2D eigenvalue weighted by molar-refractivity contribution is -0.116. The summed E-state index contributed by atoms with van der Waals surface area (Å²) < 4.78 is 5.38. The van der Waals surface area contributed by atoms with E-state index in [9.17, 15) is 14.4 Å². The van der Waals surface area contributed by atoms with Gasteiger partial charge >= 0.3 is 5.97 Å². The smallest absolute Gasteiger partial charge is 0.341 e. The van der Waals surface area contributed by atoms with Crippen LogP contribution in [0, 0.1) is 11.3 Å². The average Bonchev–Trinajstić information content (AvgIpc) is 3.26. The molecule has 6 nitrogen and oxygen atoms in total. The number of esters is 1. The first kappa shape index (κ1) is 29.9. The highest BCUT2D eigenvalue weighted by molar-refractivity contribution is 8.00. The van der Waals surface area contributed by atoms with Crippen LogP contribution >= 0.6 is 23.1 Å². The molecule has 4 rings (SSSR count). The largest absolute Gasteiger partial charge is 0.462 e. The van der Waals surface area contributed by atoms with E-state index in [1.807, 2.05) is 61.5 Å². The van der Waals surface area contributed by atoms with Gasteiger partial charge in [0.15, 0.2) is 0 Å². The highest BCUT2D eigenvalue weighted by atomic mass is 32.2.